The van der Waals surface area contributed by atoms with Gasteiger partial charge in [0.15, 0.2) is 5.11 Å². The van der Waals surface area contributed by atoms with Crippen LogP contribution in [0, 0.1) is 20.8 Å². The van der Waals surface area contributed by atoms with Crippen LogP contribution in [0.15, 0.2) is 46.3 Å². The fourth-order valence-electron chi connectivity index (χ4n) is 4.28. The van der Waals surface area contributed by atoms with Gasteiger partial charge in [0.05, 0.1) is 17.0 Å². The molecule has 0 atom stereocenters. The van der Waals surface area contributed by atoms with Gasteiger partial charge < -0.3 is 10.2 Å². The second-order valence-corrected chi connectivity index (χ2v) is 9.13. The quantitative estimate of drug-likeness (QED) is 0.289. The molecule has 1 aliphatic rings. The van der Waals surface area contributed by atoms with Crippen LogP contribution < -0.4 is 21.2 Å². The Labute approximate surface area is 210 Å². The van der Waals surface area contributed by atoms with Crippen molar-refractivity contribution in [2.75, 3.05) is 18.0 Å². The maximum Gasteiger partial charge on any atom is 0.280 e. The van der Waals surface area contributed by atoms with E-state index in [2.05, 4.69) is 20.9 Å². The van der Waals surface area contributed by atoms with Crippen LogP contribution in [-0.2, 0) is 6.42 Å². The summed E-state index contributed by atoms with van der Waals surface area (Å²) >= 11 is 5.60. The van der Waals surface area contributed by atoms with Gasteiger partial charge in [-0.05, 0) is 100 Å². The lowest BCUT2D eigenvalue weighted by Gasteiger charge is -2.19. The summed E-state index contributed by atoms with van der Waals surface area (Å²) in [4.78, 5) is 27.3. The van der Waals surface area contributed by atoms with E-state index >= 15 is 0 Å². The summed E-state index contributed by atoms with van der Waals surface area (Å²) in [6.07, 6.45) is 0.782. The summed E-state index contributed by atoms with van der Waals surface area (Å²) in [5.74, 6) is -0.0806. The molecule has 1 aromatic heterocycles. The van der Waals surface area contributed by atoms with E-state index in [0.29, 0.717) is 35.0 Å². The number of rotatable bonds is 5. The van der Waals surface area contributed by atoms with Crippen LogP contribution in [0.4, 0.5) is 5.69 Å². The van der Waals surface area contributed by atoms with E-state index in [1.807, 2.05) is 62.9 Å². The van der Waals surface area contributed by atoms with E-state index in [9.17, 15) is 9.59 Å². The number of nitrogens with zero attached hydrogens (tertiary/aromatic N) is 3. The molecule has 0 saturated carbocycles. The summed E-state index contributed by atoms with van der Waals surface area (Å²) in [7, 11) is 0. The highest BCUT2D eigenvalue weighted by Crippen LogP contribution is 2.29. The number of carbonyl (C=O) groups is 1. The molecule has 4 rings (SSSR count). The van der Waals surface area contributed by atoms with Crippen molar-refractivity contribution < 1.29 is 4.79 Å². The van der Waals surface area contributed by atoms with Crippen molar-refractivity contribution in [2.45, 2.75) is 41.0 Å². The number of aryl methyl sites for hydroxylation is 3. The normalized spacial score (nSPS) is 13.1. The van der Waals surface area contributed by atoms with Gasteiger partial charge in [0, 0.05) is 30.0 Å². The van der Waals surface area contributed by atoms with Gasteiger partial charge in [0.2, 0.25) is 0 Å². The van der Waals surface area contributed by atoms with Gasteiger partial charge in [-0.25, -0.2) is 4.68 Å². The third-order valence-corrected chi connectivity index (χ3v) is 6.63. The van der Waals surface area contributed by atoms with Crippen molar-refractivity contribution in [2.24, 2.45) is 5.10 Å². The van der Waals surface area contributed by atoms with Gasteiger partial charge in [-0.2, -0.15) is 5.10 Å². The molecule has 35 heavy (non-hydrogen) atoms. The van der Waals surface area contributed by atoms with Gasteiger partial charge in [0.1, 0.15) is 0 Å². The highest BCUT2D eigenvalue weighted by Gasteiger charge is 2.24. The Balaban J connectivity index is 1.52. The third kappa shape index (κ3) is 4.77. The first-order valence-corrected chi connectivity index (χ1v) is 12.0. The molecule has 8 nitrogen and oxygen atoms in total. The summed E-state index contributed by atoms with van der Waals surface area (Å²) in [5, 5.41) is 10.8. The lowest BCUT2D eigenvalue weighted by molar-refractivity contribution is 0.0955. The Morgan fingerprint density at radius 2 is 1.91 bits per heavy atom. The highest BCUT2D eigenvalue weighted by molar-refractivity contribution is 7.80. The molecule has 0 fully saturated rings. The van der Waals surface area contributed by atoms with Gasteiger partial charge in [-0.1, -0.05) is 6.07 Å². The van der Waals surface area contributed by atoms with Crippen LogP contribution in [0.25, 0.3) is 5.69 Å². The first-order valence-electron chi connectivity index (χ1n) is 11.6. The minimum Gasteiger partial charge on any atom is -0.352 e. The van der Waals surface area contributed by atoms with E-state index in [-0.39, 0.29) is 11.5 Å². The number of nitrogens with one attached hydrogen (secondary N) is 3. The van der Waals surface area contributed by atoms with Gasteiger partial charge in [-0.3, -0.25) is 20.1 Å². The van der Waals surface area contributed by atoms with E-state index < -0.39 is 0 Å². The highest BCUT2D eigenvalue weighted by atomic mass is 32.1. The van der Waals surface area contributed by atoms with Gasteiger partial charge in [-0.15, -0.1) is 0 Å². The van der Waals surface area contributed by atoms with Gasteiger partial charge in [0.25, 0.3) is 11.5 Å². The average molecular weight is 491 g/mol. The Kier molecular flexibility index (Phi) is 6.88. The van der Waals surface area contributed by atoms with Gasteiger partial charge >= 0.3 is 0 Å². The van der Waals surface area contributed by atoms with E-state index in [0.717, 1.165) is 34.6 Å². The number of carbonyl (C=O) groups excluding carboxylic acids is 1. The number of hydrogen-bond donors (Lipinski definition) is 3. The lowest BCUT2D eigenvalue weighted by atomic mass is 10.1. The zero-order valence-electron chi connectivity index (χ0n) is 20.7. The number of thiocarbonyl (C=S) groups is 1. The largest absolute Gasteiger partial charge is 0.352 e. The topological polar surface area (TPSA) is 94.5 Å². The van der Waals surface area contributed by atoms with E-state index in [4.69, 9.17) is 12.2 Å². The first kappa shape index (κ1) is 24.4. The standard InChI is InChI=1S/C26H30N6O2S/c1-6-27-24(33)20-8-10-22-19(14-20)11-12-31(22)26(35)29-28-17(4)23-18(5)30-32(25(23)34)21-9-7-15(2)16(3)13-21/h7-10,13-14,30H,6,11-12H2,1-5H3,(H,27,33)(H,29,35)/b28-17+. The Morgan fingerprint density at radius 3 is 2.63 bits per heavy atom. The molecule has 0 aliphatic carbocycles. The predicted octanol–water partition coefficient (Wildman–Crippen LogP) is 3.50. The van der Waals surface area contributed by atoms with E-state index in [1.165, 1.54) is 10.2 Å². The van der Waals surface area contributed by atoms with Crippen molar-refractivity contribution in [3.63, 3.8) is 0 Å². The van der Waals surface area contributed by atoms with Crippen LogP contribution in [0.2, 0.25) is 0 Å². The van der Waals surface area contributed by atoms with Crippen molar-refractivity contribution in [3.05, 3.63) is 80.3 Å². The molecule has 3 aromatic rings. The second kappa shape index (κ2) is 9.87. The van der Waals surface area contributed by atoms with Crippen molar-refractivity contribution >= 4 is 34.6 Å². The van der Waals surface area contributed by atoms with E-state index in [1.54, 1.807) is 13.0 Å². The monoisotopic (exact) mass is 490 g/mol. The number of H-pyrrole nitrogens is 1. The minimum atomic E-state index is -0.163. The van der Waals surface area contributed by atoms with Crippen LogP contribution in [0.5, 0.6) is 0 Å². The first-order chi connectivity index (χ1) is 16.7. The Hall–Kier alpha value is -3.72. The molecule has 2 heterocycles. The molecule has 0 unspecified atom stereocenters. The Bertz CT molecular complexity index is 1400. The molecule has 9 heteroatoms. The zero-order chi connectivity index (χ0) is 25.3. The molecule has 182 valence electrons. The Morgan fingerprint density at radius 1 is 1.14 bits per heavy atom. The van der Waals surface area contributed by atoms with Crippen LogP contribution in [0.3, 0.4) is 0 Å². The molecule has 0 bridgehead atoms. The molecule has 0 saturated heterocycles. The average Bonchev–Trinajstić information content (AvgIpc) is 3.39. The molecule has 0 spiro atoms. The van der Waals surface area contributed by atoms with Crippen LogP contribution >= 0.6 is 12.2 Å². The molecular formula is C26H30N6O2S. The van der Waals surface area contributed by atoms with Crippen molar-refractivity contribution in [1.29, 1.82) is 0 Å². The third-order valence-electron chi connectivity index (χ3n) is 6.32. The van der Waals surface area contributed by atoms with Crippen LogP contribution in [0.1, 0.15) is 52.2 Å². The summed E-state index contributed by atoms with van der Waals surface area (Å²) < 4.78 is 1.54. The lowest BCUT2D eigenvalue weighted by Crippen LogP contribution is -2.36. The number of amides is 1. The summed E-state index contributed by atoms with van der Waals surface area (Å²) in [6.45, 7) is 10.9. The maximum absolute atomic E-state index is 13.2. The van der Waals surface area contributed by atoms with Crippen molar-refractivity contribution in [3.8, 4) is 5.69 Å². The van der Waals surface area contributed by atoms with Crippen molar-refractivity contribution in [1.82, 2.24) is 20.5 Å². The molecule has 1 aliphatic heterocycles. The summed E-state index contributed by atoms with van der Waals surface area (Å²) in [5.41, 5.74) is 10.3. The molecular weight excluding hydrogens is 460 g/mol. The van der Waals surface area contributed by atoms with Crippen LogP contribution in [-0.4, -0.2) is 39.6 Å². The number of hydrogen-bond acceptors (Lipinski definition) is 4. The summed E-state index contributed by atoms with van der Waals surface area (Å²) in [6, 6.07) is 11.5. The smallest absolute Gasteiger partial charge is 0.280 e. The molecule has 2 aromatic carbocycles. The molecule has 1 amide bonds. The fraction of sp³-hybridized carbons (Fsp3) is 0.308. The number of aromatic amines is 1. The predicted molar refractivity (Wildman–Crippen MR) is 144 cm³/mol. The zero-order valence-corrected chi connectivity index (χ0v) is 21.5. The number of anilines is 1. The number of benzene rings is 2. The number of hydrazone groups is 1. The number of fused-ring (bicyclic) bond motifs is 1. The SMILES string of the molecule is CCNC(=O)c1ccc2c(c1)CCN2C(=S)N/N=C(\C)c1c(C)[nH]n(-c2ccc(C)c(C)c2)c1=O. The molecule has 0 radical (unpaired) electrons. The fourth-order valence-corrected chi connectivity index (χ4v) is 4.52. The maximum atomic E-state index is 13.2. The minimum absolute atomic E-state index is 0.0806. The number of aromatic nitrogens is 2. The molecule has 3 N–H and O–H groups in total. The second-order valence-electron chi connectivity index (χ2n) is 8.74.